The van der Waals surface area contributed by atoms with E-state index in [9.17, 15) is 4.79 Å². The van der Waals surface area contributed by atoms with Crippen LogP contribution in [0.4, 0.5) is 0 Å². The Kier molecular flexibility index (Phi) is 7.72. The highest BCUT2D eigenvalue weighted by Crippen LogP contribution is 2.30. The molecule has 1 aromatic rings. The van der Waals surface area contributed by atoms with Gasteiger partial charge in [0.1, 0.15) is 0 Å². The van der Waals surface area contributed by atoms with Gasteiger partial charge in [-0.15, -0.1) is 0 Å². The molecule has 5 heteroatoms. The molecular formula is C16H26ClN3O. The number of nitrogens with one attached hydrogen (secondary N) is 1. The number of carbonyl (C=O) groups is 1. The van der Waals surface area contributed by atoms with Crippen LogP contribution in [-0.4, -0.2) is 36.5 Å². The molecule has 0 fully saturated rings. The van der Waals surface area contributed by atoms with E-state index in [0.29, 0.717) is 18.1 Å². The van der Waals surface area contributed by atoms with Crippen LogP contribution in [-0.2, 0) is 4.79 Å². The molecule has 1 amide bonds. The van der Waals surface area contributed by atoms with Crippen LogP contribution in [0.2, 0.25) is 5.02 Å². The second-order valence-corrected chi connectivity index (χ2v) is 5.46. The standard InChI is InChI=1S/C16H26ClN3O/c1-4-14(18)16(12-9-7-8-10-13(12)17)20(6-3)11-15(21)19-5-2/h7-10,14,16H,4-6,11,18H2,1-3H3,(H,19,21). The molecule has 0 bridgehead atoms. The SMILES string of the molecule is CCNC(=O)CN(CC)C(c1ccccc1Cl)C(N)CC. The molecule has 0 aliphatic rings. The minimum Gasteiger partial charge on any atom is -0.355 e. The van der Waals surface area contributed by atoms with Crippen LogP contribution in [0.5, 0.6) is 0 Å². The van der Waals surface area contributed by atoms with E-state index in [-0.39, 0.29) is 18.0 Å². The zero-order valence-corrected chi connectivity index (χ0v) is 13.9. The first-order chi connectivity index (χ1) is 10.0. The number of nitrogens with two attached hydrogens (primary N) is 1. The molecule has 0 aromatic heterocycles. The van der Waals surface area contributed by atoms with Gasteiger partial charge in [0.25, 0.3) is 0 Å². The first-order valence-corrected chi connectivity index (χ1v) is 7.93. The second kappa shape index (κ2) is 9.03. The third-order valence-corrected chi connectivity index (χ3v) is 3.97. The van der Waals surface area contributed by atoms with Crippen molar-refractivity contribution in [2.24, 2.45) is 5.73 Å². The summed E-state index contributed by atoms with van der Waals surface area (Å²) in [5.74, 6) is 0.0136. The quantitative estimate of drug-likeness (QED) is 0.776. The average molecular weight is 312 g/mol. The monoisotopic (exact) mass is 311 g/mol. The van der Waals surface area contributed by atoms with Crippen LogP contribution >= 0.6 is 11.6 Å². The summed E-state index contributed by atoms with van der Waals surface area (Å²) in [6.07, 6.45) is 0.821. The topological polar surface area (TPSA) is 58.4 Å². The highest BCUT2D eigenvalue weighted by Gasteiger charge is 2.27. The number of hydrogen-bond donors (Lipinski definition) is 2. The summed E-state index contributed by atoms with van der Waals surface area (Å²) in [5.41, 5.74) is 7.30. The molecule has 3 N–H and O–H groups in total. The maximum Gasteiger partial charge on any atom is 0.234 e. The van der Waals surface area contributed by atoms with Crippen molar-refractivity contribution >= 4 is 17.5 Å². The number of nitrogens with zero attached hydrogens (tertiary/aromatic N) is 1. The fraction of sp³-hybridized carbons (Fsp3) is 0.562. The Hall–Kier alpha value is -1.10. The van der Waals surface area contributed by atoms with Gasteiger partial charge in [-0.25, -0.2) is 0 Å². The lowest BCUT2D eigenvalue weighted by Gasteiger charge is -2.35. The van der Waals surface area contributed by atoms with Crippen LogP contribution < -0.4 is 11.1 Å². The lowest BCUT2D eigenvalue weighted by molar-refractivity contribution is -0.122. The van der Waals surface area contributed by atoms with E-state index in [4.69, 9.17) is 17.3 Å². The van der Waals surface area contributed by atoms with E-state index in [1.807, 2.05) is 38.1 Å². The predicted octanol–water partition coefficient (Wildman–Crippen LogP) is 2.58. The predicted molar refractivity (Wildman–Crippen MR) is 88.4 cm³/mol. The van der Waals surface area contributed by atoms with Crippen molar-refractivity contribution in [3.05, 3.63) is 34.9 Å². The van der Waals surface area contributed by atoms with Gasteiger partial charge < -0.3 is 11.1 Å². The van der Waals surface area contributed by atoms with Gasteiger partial charge in [-0.1, -0.05) is 43.6 Å². The Labute approximate surface area is 132 Å². The highest BCUT2D eigenvalue weighted by atomic mass is 35.5. The summed E-state index contributed by atoms with van der Waals surface area (Å²) in [7, 11) is 0. The lowest BCUT2D eigenvalue weighted by atomic mass is 9.96. The number of hydrogen-bond acceptors (Lipinski definition) is 3. The van der Waals surface area contributed by atoms with Gasteiger partial charge >= 0.3 is 0 Å². The van der Waals surface area contributed by atoms with Crippen molar-refractivity contribution in [1.82, 2.24) is 10.2 Å². The summed E-state index contributed by atoms with van der Waals surface area (Å²) in [5, 5.41) is 3.53. The normalized spacial score (nSPS) is 14.0. The summed E-state index contributed by atoms with van der Waals surface area (Å²) in [4.78, 5) is 14.0. The molecule has 0 saturated carbocycles. The van der Waals surface area contributed by atoms with Gasteiger partial charge in [0, 0.05) is 17.6 Å². The van der Waals surface area contributed by atoms with E-state index >= 15 is 0 Å². The van der Waals surface area contributed by atoms with Crippen LogP contribution in [0.25, 0.3) is 0 Å². The molecule has 0 heterocycles. The van der Waals surface area contributed by atoms with Crippen molar-refractivity contribution in [3.8, 4) is 0 Å². The molecule has 2 atom stereocenters. The number of carbonyl (C=O) groups excluding carboxylic acids is 1. The number of rotatable bonds is 8. The number of halogens is 1. The minimum absolute atomic E-state index is 0.0136. The average Bonchev–Trinajstić information content (AvgIpc) is 2.48. The molecule has 118 valence electrons. The Morgan fingerprint density at radius 2 is 2.00 bits per heavy atom. The number of amides is 1. The van der Waals surface area contributed by atoms with Gasteiger partial charge in [-0.05, 0) is 31.5 Å². The number of benzene rings is 1. The van der Waals surface area contributed by atoms with Crippen molar-refractivity contribution < 1.29 is 4.79 Å². The third-order valence-electron chi connectivity index (χ3n) is 3.62. The largest absolute Gasteiger partial charge is 0.355 e. The Morgan fingerprint density at radius 3 is 2.52 bits per heavy atom. The van der Waals surface area contributed by atoms with E-state index in [1.165, 1.54) is 0 Å². The van der Waals surface area contributed by atoms with Gasteiger partial charge in [0.2, 0.25) is 5.91 Å². The van der Waals surface area contributed by atoms with E-state index in [0.717, 1.165) is 18.5 Å². The molecule has 1 rings (SSSR count). The second-order valence-electron chi connectivity index (χ2n) is 5.06. The molecule has 0 aliphatic carbocycles. The summed E-state index contributed by atoms with van der Waals surface area (Å²) in [6, 6.07) is 7.59. The molecule has 0 saturated heterocycles. The third kappa shape index (κ3) is 4.99. The summed E-state index contributed by atoms with van der Waals surface area (Å²) < 4.78 is 0. The fourth-order valence-corrected chi connectivity index (χ4v) is 2.73. The zero-order chi connectivity index (χ0) is 15.8. The number of likely N-dealkylation sites (N-methyl/N-ethyl adjacent to an activating group) is 2. The first-order valence-electron chi connectivity index (χ1n) is 7.55. The highest BCUT2D eigenvalue weighted by molar-refractivity contribution is 6.31. The van der Waals surface area contributed by atoms with Gasteiger partial charge in [-0.3, -0.25) is 9.69 Å². The molecule has 0 radical (unpaired) electrons. The maximum absolute atomic E-state index is 11.9. The Balaban J connectivity index is 3.05. The zero-order valence-electron chi connectivity index (χ0n) is 13.1. The van der Waals surface area contributed by atoms with Crippen molar-refractivity contribution in [2.75, 3.05) is 19.6 Å². The van der Waals surface area contributed by atoms with E-state index < -0.39 is 0 Å². The van der Waals surface area contributed by atoms with Crippen molar-refractivity contribution in [3.63, 3.8) is 0 Å². The van der Waals surface area contributed by atoms with E-state index in [1.54, 1.807) is 0 Å². The van der Waals surface area contributed by atoms with Crippen LogP contribution in [0.3, 0.4) is 0 Å². The van der Waals surface area contributed by atoms with E-state index in [2.05, 4.69) is 17.1 Å². The van der Waals surface area contributed by atoms with Crippen molar-refractivity contribution in [2.45, 2.75) is 39.3 Å². The van der Waals surface area contributed by atoms with Gasteiger partial charge in [0.05, 0.1) is 12.6 Å². The molecular weight excluding hydrogens is 286 g/mol. The molecule has 4 nitrogen and oxygen atoms in total. The van der Waals surface area contributed by atoms with Gasteiger partial charge in [0.15, 0.2) is 0 Å². The molecule has 0 spiro atoms. The Morgan fingerprint density at radius 1 is 1.33 bits per heavy atom. The Bertz CT molecular complexity index is 453. The molecule has 0 aliphatic heterocycles. The maximum atomic E-state index is 11.9. The summed E-state index contributed by atoms with van der Waals surface area (Å²) in [6.45, 7) is 7.69. The van der Waals surface area contributed by atoms with Crippen LogP contribution in [0.15, 0.2) is 24.3 Å². The summed E-state index contributed by atoms with van der Waals surface area (Å²) >= 11 is 6.34. The fourth-order valence-electron chi connectivity index (χ4n) is 2.48. The van der Waals surface area contributed by atoms with Gasteiger partial charge in [-0.2, -0.15) is 0 Å². The van der Waals surface area contributed by atoms with Crippen molar-refractivity contribution in [1.29, 1.82) is 0 Å². The molecule has 21 heavy (non-hydrogen) atoms. The lowest BCUT2D eigenvalue weighted by Crippen LogP contribution is -2.45. The first kappa shape index (κ1) is 18.0. The minimum atomic E-state index is -0.0701. The molecule has 2 unspecified atom stereocenters. The van der Waals surface area contributed by atoms with Crippen LogP contribution in [0, 0.1) is 0 Å². The van der Waals surface area contributed by atoms with Crippen LogP contribution in [0.1, 0.15) is 38.8 Å². The molecule has 1 aromatic carbocycles. The smallest absolute Gasteiger partial charge is 0.234 e.